The van der Waals surface area contributed by atoms with Gasteiger partial charge >= 0.3 is 6.09 Å². The number of unbranched alkanes of at least 4 members (excludes halogenated alkanes) is 2. The Hall–Kier alpha value is -2.38. The number of nitrogens with zero attached hydrogens (tertiary/aromatic N) is 1. The quantitative estimate of drug-likeness (QED) is 0.491. The highest BCUT2D eigenvalue weighted by molar-refractivity contribution is 5.84. The number of nitrogens with one attached hydrogen (secondary N) is 2. The van der Waals surface area contributed by atoms with E-state index in [1.165, 1.54) is 6.42 Å². The molecule has 7 heteroatoms. The van der Waals surface area contributed by atoms with Crippen LogP contribution < -0.4 is 5.32 Å². The van der Waals surface area contributed by atoms with E-state index in [-0.39, 0.29) is 11.7 Å². The summed E-state index contributed by atoms with van der Waals surface area (Å²) >= 11 is 0. The molecule has 1 aromatic carbocycles. The van der Waals surface area contributed by atoms with Crippen LogP contribution in [0, 0.1) is 0 Å². The Balaban J connectivity index is 0.000000249. The summed E-state index contributed by atoms with van der Waals surface area (Å²) < 4.78 is 5.24. The number of aliphatic hydroxyl groups is 1. The third-order valence-corrected chi connectivity index (χ3v) is 4.51. The summed E-state index contributed by atoms with van der Waals surface area (Å²) in [7, 11) is 0. The predicted octanol–water partition coefficient (Wildman–Crippen LogP) is 3.90. The van der Waals surface area contributed by atoms with E-state index in [1.807, 2.05) is 51.2 Å². The zero-order valence-corrected chi connectivity index (χ0v) is 19.4. The van der Waals surface area contributed by atoms with Crippen molar-refractivity contribution in [1.29, 1.82) is 0 Å². The second kappa shape index (κ2) is 14.6. The van der Waals surface area contributed by atoms with Crippen LogP contribution in [-0.4, -0.2) is 65.8 Å². The van der Waals surface area contributed by atoms with Gasteiger partial charge in [0, 0.05) is 56.3 Å². The van der Waals surface area contributed by atoms with Crippen molar-refractivity contribution in [2.24, 2.45) is 0 Å². The van der Waals surface area contributed by atoms with Gasteiger partial charge in [0.25, 0.3) is 0 Å². The van der Waals surface area contributed by atoms with Gasteiger partial charge in [0.05, 0.1) is 0 Å². The van der Waals surface area contributed by atoms with E-state index in [2.05, 4.69) is 17.2 Å². The fraction of sp³-hybridized carbons (Fsp3) is 0.583. The number of carbonyl (C=O) groups excluding carboxylic acids is 2. The molecule has 7 nitrogen and oxygen atoms in total. The number of rotatable bonds is 5. The number of amides is 1. The lowest BCUT2D eigenvalue weighted by molar-refractivity contribution is -0.107. The molecule has 1 aliphatic rings. The molecular weight excluding hydrogens is 394 g/mol. The van der Waals surface area contributed by atoms with Crippen molar-refractivity contribution in [3.63, 3.8) is 0 Å². The van der Waals surface area contributed by atoms with Crippen LogP contribution in [0.3, 0.4) is 0 Å². The standard InChI is InChI=1S/C10H9NO.C9H18N2O2.C5H12O/c12-6-5-8-7-11-10-4-2-1-3-9(8)10;1-9(2,3)13-8(12)11-6-4-10-5-7-11;1-2-3-4-5-6/h1-4,6-7,11H,5H2;10H,4-7H2,1-3H3;6H,2-5H2,1H3. The zero-order chi connectivity index (χ0) is 23.1. The van der Waals surface area contributed by atoms with E-state index in [4.69, 9.17) is 9.84 Å². The maximum Gasteiger partial charge on any atom is 0.410 e. The van der Waals surface area contributed by atoms with Crippen molar-refractivity contribution in [3.8, 4) is 0 Å². The van der Waals surface area contributed by atoms with Gasteiger partial charge in [-0.1, -0.05) is 38.0 Å². The maximum atomic E-state index is 11.5. The molecule has 1 saturated heterocycles. The number of aldehydes is 1. The van der Waals surface area contributed by atoms with Gasteiger partial charge in [-0.25, -0.2) is 4.79 Å². The topological polar surface area (TPSA) is 94.7 Å². The second-order valence-electron chi connectivity index (χ2n) is 8.38. The van der Waals surface area contributed by atoms with Crippen LogP contribution in [0.4, 0.5) is 4.79 Å². The summed E-state index contributed by atoms with van der Waals surface area (Å²) in [6.07, 6.45) is 6.43. The zero-order valence-electron chi connectivity index (χ0n) is 19.4. The molecule has 3 N–H and O–H groups in total. The molecule has 1 aromatic heterocycles. The number of hydrogen-bond donors (Lipinski definition) is 3. The van der Waals surface area contributed by atoms with Crippen LogP contribution in [0.5, 0.6) is 0 Å². The van der Waals surface area contributed by atoms with Gasteiger partial charge in [0.2, 0.25) is 0 Å². The second-order valence-corrected chi connectivity index (χ2v) is 8.38. The largest absolute Gasteiger partial charge is 0.444 e. The molecule has 0 unspecified atom stereocenters. The van der Waals surface area contributed by atoms with Crippen molar-refractivity contribution in [2.45, 2.75) is 59.0 Å². The van der Waals surface area contributed by atoms with Crippen LogP contribution in [0.1, 0.15) is 52.5 Å². The van der Waals surface area contributed by atoms with E-state index in [9.17, 15) is 9.59 Å². The van der Waals surface area contributed by atoms with Crippen LogP contribution in [0.15, 0.2) is 30.5 Å². The lowest BCUT2D eigenvalue weighted by Gasteiger charge is -2.30. The number of H-pyrrole nitrogens is 1. The number of carbonyl (C=O) groups is 2. The first-order chi connectivity index (χ1) is 14.8. The van der Waals surface area contributed by atoms with Crippen LogP contribution in [0.2, 0.25) is 0 Å². The van der Waals surface area contributed by atoms with Crippen molar-refractivity contribution in [2.75, 3.05) is 32.8 Å². The molecule has 1 fully saturated rings. The number of aliphatic hydroxyl groups excluding tert-OH is 1. The molecule has 2 aromatic rings. The van der Waals surface area contributed by atoms with E-state index >= 15 is 0 Å². The van der Waals surface area contributed by atoms with Gasteiger partial charge < -0.3 is 29.8 Å². The predicted molar refractivity (Wildman–Crippen MR) is 125 cm³/mol. The van der Waals surface area contributed by atoms with Gasteiger partial charge in [-0.05, 0) is 38.8 Å². The van der Waals surface area contributed by atoms with Crippen LogP contribution in [0.25, 0.3) is 10.9 Å². The summed E-state index contributed by atoms with van der Waals surface area (Å²) in [5.41, 5.74) is 1.78. The number of fused-ring (bicyclic) bond motifs is 1. The number of ether oxygens (including phenoxy) is 1. The third kappa shape index (κ3) is 11.0. The third-order valence-electron chi connectivity index (χ3n) is 4.51. The SMILES string of the molecule is CC(C)(C)OC(=O)N1CCNCC1.CCCCCO.O=CCc1c[nH]c2ccccc12. The molecule has 0 bridgehead atoms. The van der Waals surface area contributed by atoms with Gasteiger partial charge in [-0.15, -0.1) is 0 Å². The molecule has 174 valence electrons. The summed E-state index contributed by atoms with van der Waals surface area (Å²) in [6.45, 7) is 11.3. The molecule has 2 heterocycles. The summed E-state index contributed by atoms with van der Waals surface area (Å²) in [4.78, 5) is 26.6. The molecule has 0 radical (unpaired) electrons. The van der Waals surface area contributed by atoms with Gasteiger partial charge in [-0.2, -0.15) is 0 Å². The van der Waals surface area contributed by atoms with Crippen molar-refractivity contribution in [3.05, 3.63) is 36.0 Å². The molecule has 0 aliphatic carbocycles. The van der Waals surface area contributed by atoms with Gasteiger partial charge in [0.15, 0.2) is 0 Å². The number of aromatic nitrogens is 1. The van der Waals surface area contributed by atoms with E-state index in [0.29, 0.717) is 13.0 Å². The average molecular weight is 434 g/mol. The Morgan fingerprint density at radius 1 is 1.19 bits per heavy atom. The molecule has 3 rings (SSSR count). The maximum absolute atomic E-state index is 11.5. The smallest absolute Gasteiger partial charge is 0.410 e. The fourth-order valence-electron chi connectivity index (χ4n) is 2.93. The molecular formula is C24H39N3O4. The molecule has 1 amide bonds. The lowest BCUT2D eigenvalue weighted by Crippen LogP contribution is -2.48. The van der Waals surface area contributed by atoms with Crippen molar-refractivity contribution < 1.29 is 19.4 Å². The van der Waals surface area contributed by atoms with Gasteiger partial charge in [0.1, 0.15) is 11.9 Å². The van der Waals surface area contributed by atoms with E-state index < -0.39 is 0 Å². The molecule has 0 atom stereocenters. The highest BCUT2D eigenvalue weighted by Gasteiger charge is 2.22. The summed E-state index contributed by atoms with van der Waals surface area (Å²) in [5, 5.41) is 12.5. The number of hydrogen-bond acceptors (Lipinski definition) is 5. The van der Waals surface area contributed by atoms with Gasteiger partial charge in [-0.3, -0.25) is 0 Å². The highest BCUT2D eigenvalue weighted by Crippen LogP contribution is 2.17. The minimum atomic E-state index is -0.387. The molecule has 1 aliphatic heterocycles. The Morgan fingerprint density at radius 2 is 1.87 bits per heavy atom. The van der Waals surface area contributed by atoms with Crippen LogP contribution >= 0.6 is 0 Å². The minimum Gasteiger partial charge on any atom is -0.444 e. The number of para-hydroxylation sites is 1. The van der Waals surface area contributed by atoms with E-state index in [0.717, 1.165) is 61.8 Å². The average Bonchev–Trinajstić information content (AvgIpc) is 3.16. The van der Waals surface area contributed by atoms with E-state index in [1.54, 1.807) is 4.90 Å². The van der Waals surface area contributed by atoms with Crippen molar-refractivity contribution >= 4 is 23.3 Å². The monoisotopic (exact) mass is 433 g/mol. The summed E-state index contributed by atoms with van der Waals surface area (Å²) in [6, 6.07) is 7.97. The number of piperazine rings is 1. The molecule has 0 spiro atoms. The first-order valence-corrected chi connectivity index (χ1v) is 11.1. The number of aromatic amines is 1. The first kappa shape index (κ1) is 26.7. The Kier molecular flexibility index (Phi) is 12.5. The highest BCUT2D eigenvalue weighted by atomic mass is 16.6. The van der Waals surface area contributed by atoms with Crippen LogP contribution in [-0.2, 0) is 16.0 Å². The van der Waals surface area contributed by atoms with Crippen molar-refractivity contribution in [1.82, 2.24) is 15.2 Å². The Bertz CT molecular complexity index is 758. The lowest BCUT2D eigenvalue weighted by atomic mass is 10.1. The fourth-order valence-corrected chi connectivity index (χ4v) is 2.93. The molecule has 31 heavy (non-hydrogen) atoms. The molecule has 0 saturated carbocycles. The first-order valence-electron chi connectivity index (χ1n) is 11.1. The Labute approximate surface area is 186 Å². The summed E-state index contributed by atoms with van der Waals surface area (Å²) in [5.74, 6) is 0. The minimum absolute atomic E-state index is 0.200. The number of benzene rings is 1. The normalized spacial score (nSPS) is 13.5. The Morgan fingerprint density at radius 3 is 2.42 bits per heavy atom.